The zero-order valence-electron chi connectivity index (χ0n) is 26.5. The second-order valence-electron chi connectivity index (χ2n) is 12.5. The van der Waals surface area contributed by atoms with Gasteiger partial charge in [-0.1, -0.05) is 146 Å². The third-order valence-corrected chi connectivity index (χ3v) is 9.67. The molecular formula is C46H28N2O. The Morgan fingerprint density at radius 1 is 0.388 bits per heavy atom. The number of fused-ring (bicyclic) bond motifs is 7. The third kappa shape index (κ3) is 4.51. The molecule has 228 valence electrons. The molecule has 10 rings (SSSR count). The molecule has 0 N–H and O–H groups in total. The van der Waals surface area contributed by atoms with Crippen molar-refractivity contribution < 1.29 is 4.42 Å². The number of hydrogen-bond acceptors (Lipinski definition) is 3. The van der Waals surface area contributed by atoms with Crippen LogP contribution in [0.2, 0.25) is 0 Å². The summed E-state index contributed by atoms with van der Waals surface area (Å²) in [5.74, 6) is 0.692. The fourth-order valence-corrected chi connectivity index (χ4v) is 7.30. The molecule has 0 aliphatic heterocycles. The summed E-state index contributed by atoms with van der Waals surface area (Å²) in [6.45, 7) is 0. The highest BCUT2D eigenvalue weighted by molar-refractivity contribution is 6.22. The standard InChI is InChI=1S/C46H28N2O/c1-2-12-31(13-3-1)35-18-10-20-42-43(35)40-28-39(36-15-6-7-16-37(36)45(40)49-42)46-47-41-19-9-8-17-38(41)44(48-46)32-24-21-30(22-25-32)34-26-23-29-11-4-5-14-33(29)27-34/h1-28H. The maximum absolute atomic E-state index is 6.61. The Labute approximate surface area is 282 Å². The van der Waals surface area contributed by atoms with Gasteiger partial charge in [-0.15, -0.1) is 0 Å². The Morgan fingerprint density at radius 2 is 1.08 bits per heavy atom. The number of nitrogens with zero attached hydrogens (tertiary/aromatic N) is 2. The summed E-state index contributed by atoms with van der Waals surface area (Å²) in [6.07, 6.45) is 0. The van der Waals surface area contributed by atoms with E-state index in [1.165, 1.54) is 21.9 Å². The van der Waals surface area contributed by atoms with Crippen LogP contribution in [-0.2, 0) is 0 Å². The molecule has 2 aromatic heterocycles. The first-order chi connectivity index (χ1) is 24.3. The first-order valence-electron chi connectivity index (χ1n) is 16.6. The second-order valence-corrected chi connectivity index (χ2v) is 12.5. The average molecular weight is 625 g/mol. The monoisotopic (exact) mass is 624 g/mol. The van der Waals surface area contributed by atoms with E-state index in [1.54, 1.807) is 0 Å². The number of benzene rings is 8. The van der Waals surface area contributed by atoms with Gasteiger partial charge in [0.05, 0.1) is 11.2 Å². The van der Waals surface area contributed by atoms with Crippen molar-refractivity contribution in [2.24, 2.45) is 0 Å². The van der Waals surface area contributed by atoms with E-state index < -0.39 is 0 Å². The average Bonchev–Trinajstić information content (AvgIpc) is 3.56. The van der Waals surface area contributed by atoms with E-state index in [9.17, 15) is 0 Å². The van der Waals surface area contributed by atoms with E-state index in [-0.39, 0.29) is 0 Å². The van der Waals surface area contributed by atoms with E-state index in [1.807, 2.05) is 12.1 Å². The van der Waals surface area contributed by atoms with Crippen LogP contribution in [0.1, 0.15) is 0 Å². The van der Waals surface area contributed by atoms with Gasteiger partial charge in [0.15, 0.2) is 5.82 Å². The molecule has 0 spiro atoms. The van der Waals surface area contributed by atoms with Crippen LogP contribution in [0.4, 0.5) is 0 Å². The maximum Gasteiger partial charge on any atom is 0.161 e. The van der Waals surface area contributed by atoms with Crippen molar-refractivity contribution >= 4 is 54.4 Å². The van der Waals surface area contributed by atoms with Crippen molar-refractivity contribution in [3.05, 3.63) is 170 Å². The zero-order chi connectivity index (χ0) is 32.3. The van der Waals surface area contributed by atoms with Gasteiger partial charge in [0.1, 0.15) is 11.2 Å². The molecule has 0 radical (unpaired) electrons. The van der Waals surface area contributed by atoms with Crippen molar-refractivity contribution in [3.8, 4) is 44.9 Å². The molecule has 8 aromatic carbocycles. The molecule has 0 fully saturated rings. The van der Waals surface area contributed by atoms with Gasteiger partial charge in [-0.25, -0.2) is 9.97 Å². The molecule has 0 bridgehead atoms. The molecule has 0 unspecified atom stereocenters. The topological polar surface area (TPSA) is 38.9 Å². The summed E-state index contributed by atoms with van der Waals surface area (Å²) in [5, 5.41) is 7.76. The number of aromatic nitrogens is 2. The first-order valence-corrected chi connectivity index (χ1v) is 16.6. The molecule has 0 saturated carbocycles. The molecule has 0 aliphatic carbocycles. The zero-order valence-corrected chi connectivity index (χ0v) is 26.5. The SMILES string of the molecule is c1ccc(-c2cccc3oc4c5ccccc5c(-c5nc(-c6ccc(-c7ccc8ccccc8c7)cc6)c6ccccc6n5)cc4c23)cc1. The summed E-state index contributed by atoms with van der Waals surface area (Å²) >= 11 is 0. The van der Waals surface area contributed by atoms with Gasteiger partial charge in [0.2, 0.25) is 0 Å². The van der Waals surface area contributed by atoms with Crippen LogP contribution in [0.5, 0.6) is 0 Å². The highest BCUT2D eigenvalue weighted by Gasteiger charge is 2.20. The van der Waals surface area contributed by atoms with Crippen LogP contribution in [0.25, 0.3) is 99.3 Å². The lowest BCUT2D eigenvalue weighted by atomic mass is 9.95. The lowest BCUT2D eigenvalue weighted by molar-refractivity contribution is 0.673. The fourth-order valence-electron chi connectivity index (χ4n) is 7.30. The van der Waals surface area contributed by atoms with E-state index in [0.29, 0.717) is 5.82 Å². The number of furan rings is 1. The van der Waals surface area contributed by atoms with Crippen LogP contribution < -0.4 is 0 Å². The summed E-state index contributed by atoms with van der Waals surface area (Å²) in [4.78, 5) is 10.5. The molecular weight excluding hydrogens is 597 g/mol. The predicted molar refractivity (Wildman–Crippen MR) is 204 cm³/mol. The van der Waals surface area contributed by atoms with Crippen LogP contribution >= 0.6 is 0 Å². The Bertz CT molecular complexity index is 2870. The van der Waals surface area contributed by atoms with Gasteiger partial charge in [-0.05, 0) is 62.7 Å². The van der Waals surface area contributed by atoms with Crippen molar-refractivity contribution in [1.82, 2.24) is 9.97 Å². The van der Waals surface area contributed by atoms with Crippen LogP contribution in [-0.4, -0.2) is 9.97 Å². The van der Waals surface area contributed by atoms with Gasteiger partial charge < -0.3 is 4.42 Å². The van der Waals surface area contributed by atoms with E-state index in [2.05, 4.69) is 158 Å². The normalized spacial score (nSPS) is 11.7. The minimum atomic E-state index is 0.692. The molecule has 3 nitrogen and oxygen atoms in total. The predicted octanol–water partition coefficient (Wildman–Crippen LogP) is 12.5. The Morgan fingerprint density at radius 3 is 1.94 bits per heavy atom. The van der Waals surface area contributed by atoms with Gasteiger partial charge in [-0.2, -0.15) is 0 Å². The molecule has 0 amide bonds. The van der Waals surface area contributed by atoms with Crippen LogP contribution in [0.15, 0.2) is 174 Å². The Balaban J connectivity index is 1.18. The molecule has 0 aliphatic rings. The number of para-hydroxylation sites is 1. The summed E-state index contributed by atoms with van der Waals surface area (Å²) < 4.78 is 6.61. The molecule has 3 heteroatoms. The van der Waals surface area contributed by atoms with E-state index >= 15 is 0 Å². The van der Waals surface area contributed by atoms with Crippen molar-refractivity contribution in [2.75, 3.05) is 0 Å². The van der Waals surface area contributed by atoms with Gasteiger partial charge >= 0.3 is 0 Å². The molecule has 49 heavy (non-hydrogen) atoms. The molecule has 2 heterocycles. The third-order valence-electron chi connectivity index (χ3n) is 9.67. The Hall–Kier alpha value is -6.58. The lowest BCUT2D eigenvalue weighted by Crippen LogP contribution is -1.96. The van der Waals surface area contributed by atoms with Crippen molar-refractivity contribution in [2.45, 2.75) is 0 Å². The number of hydrogen-bond donors (Lipinski definition) is 0. The minimum absolute atomic E-state index is 0.692. The van der Waals surface area contributed by atoms with E-state index in [0.717, 1.165) is 71.6 Å². The Kier molecular flexibility index (Phi) is 6.18. The summed E-state index contributed by atoms with van der Waals surface area (Å²) in [7, 11) is 0. The van der Waals surface area contributed by atoms with Gasteiger partial charge in [0.25, 0.3) is 0 Å². The second kappa shape index (κ2) is 11.0. The fraction of sp³-hybridized carbons (Fsp3) is 0. The summed E-state index contributed by atoms with van der Waals surface area (Å²) in [6, 6.07) is 59.6. The summed E-state index contributed by atoms with van der Waals surface area (Å²) in [5.41, 5.74) is 10.3. The number of rotatable bonds is 4. The smallest absolute Gasteiger partial charge is 0.161 e. The van der Waals surface area contributed by atoms with Gasteiger partial charge in [-0.3, -0.25) is 0 Å². The molecule has 10 aromatic rings. The van der Waals surface area contributed by atoms with Crippen molar-refractivity contribution in [1.29, 1.82) is 0 Å². The van der Waals surface area contributed by atoms with Gasteiger partial charge in [0, 0.05) is 32.7 Å². The van der Waals surface area contributed by atoms with E-state index in [4.69, 9.17) is 14.4 Å². The maximum atomic E-state index is 6.61. The highest BCUT2D eigenvalue weighted by atomic mass is 16.3. The van der Waals surface area contributed by atoms with Crippen LogP contribution in [0.3, 0.4) is 0 Å². The first kappa shape index (κ1) is 27.5. The largest absolute Gasteiger partial charge is 0.455 e. The molecule has 0 saturated heterocycles. The van der Waals surface area contributed by atoms with Crippen molar-refractivity contribution in [3.63, 3.8) is 0 Å². The molecule has 0 atom stereocenters. The minimum Gasteiger partial charge on any atom is -0.455 e. The highest BCUT2D eigenvalue weighted by Crippen LogP contribution is 2.43. The lowest BCUT2D eigenvalue weighted by Gasteiger charge is -2.12. The quantitative estimate of drug-likeness (QED) is 0.196. The van der Waals surface area contributed by atoms with Crippen LogP contribution in [0, 0.1) is 0 Å².